The predicted octanol–water partition coefficient (Wildman–Crippen LogP) is 9.69. The molecule has 0 saturated carbocycles. The van der Waals surface area contributed by atoms with Crippen molar-refractivity contribution < 1.29 is 13.0 Å². The molecule has 1 aromatic carbocycles. The minimum Gasteiger partial charge on any atom is -0.282 e. The van der Waals surface area contributed by atoms with E-state index in [-0.39, 0.29) is 4.90 Å². The molecule has 1 aromatic rings. The third kappa shape index (κ3) is 18.2. The summed E-state index contributed by atoms with van der Waals surface area (Å²) >= 11 is 0. The quantitative estimate of drug-likeness (QED) is 0.125. The lowest BCUT2D eigenvalue weighted by Gasteiger charge is -2.05. The average molecular weight is 481 g/mol. The molecule has 1 N–H and O–H groups in total. The number of hydrogen-bond donors (Lipinski definition) is 1. The van der Waals surface area contributed by atoms with Crippen LogP contribution < -0.4 is 0 Å². The molecule has 0 saturated heterocycles. The molecule has 0 aromatic heterocycles. The van der Waals surface area contributed by atoms with Crippen molar-refractivity contribution in [3.63, 3.8) is 0 Å². The van der Waals surface area contributed by atoms with Gasteiger partial charge in [-0.05, 0) is 30.5 Å². The third-order valence-electron chi connectivity index (χ3n) is 6.79. The minimum atomic E-state index is -4.08. The monoisotopic (exact) mass is 480 g/mol. The standard InChI is InChI=1S/C29H52O3S/c1-2-3-4-5-6-7-8-9-10-11-12-13-14-15-16-17-18-19-20-21-22-23-28-24-26-29(27-25-28)33(30,31)32/h24-27H,2-23H2,1H3,(H,30,31,32). The number of unbranched alkanes of at least 4 members (excludes halogenated alkanes) is 20. The van der Waals surface area contributed by atoms with E-state index >= 15 is 0 Å². The first kappa shape index (κ1) is 30.2. The van der Waals surface area contributed by atoms with Crippen molar-refractivity contribution in [3.8, 4) is 0 Å². The lowest BCUT2D eigenvalue weighted by Crippen LogP contribution is -1.98. The molecule has 0 aliphatic heterocycles. The Bertz CT molecular complexity index is 652. The lowest BCUT2D eigenvalue weighted by molar-refractivity contribution is 0.483. The highest BCUT2D eigenvalue weighted by Gasteiger charge is 2.08. The molecule has 0 aliphatic rings. The van der Waals surface area contributed by atoms with E-state index in [1.807, 2.05) is 0 Å². The van der Waals surface area contributed by atoms with Crippen LogP contribution in [0.5, 0.6) is 0 Å². The van der Waals surface area contributed by atoms with E-state index in [2.05, 4.69) is 6.92 Å². The normalized spacial score (nSPS) is 11.8. The smallest absolute Gasteiger partial charge is 0.282 e. The zero-order valence-electron chi connectivity index (χ0n) is 21.5. The summed E-state index contributed by atoms with van der Waals surface area (Å²) in [4.78, 5) is -0.0231. The lowest BCUT2D eigenvalue weighted by atomic mass is 10.0. The van der Waals surface area contributed by atoms with E-state index in [9.17, 15) is 8.42 Å². The van der Waals surface area contributed by atoms with Crippen LogP contribution in [0.1, 0.15) is 147 Å². The van der Waals surface area contributed by atoms with Crippen molar-refractivity contribution in [1.82, 2.24) is 0 Å². The highest BCUT2D eigenvalue weighted by molar-refractivity contribution is 7.85. The maximum atomic E-state index is 11.1. The summed E-state index contributed by atoms with van der Waals surface area (Å²) in [5.41, 5.74) is 1.14. The Labute approximate surface area is 205 Å². The van der Waals surface area contributed by atoms with Crippen LogP contribution in [0.4, 0.5) is 0 Å². The van der Waals surface area contributed by atoms with Gasteiger partial charge in [0.25, 0.3) is 10.1 Å². The van der Waals surface area contributed by atoms with Crippen LogP contribution in [0, 0.1) is 0 Å². The van der Waals surface area contributed by atoms with Crippen molar-refractivity contribution in [2.75, 3.05) is 0 Å². The average Bonchev–Trinajstić information content (AvgIpc) is 2.80. The largest absolute Gasteiger partial charge is 0.294 e. The van der Waals surface area contributed by atoms with E-state index < -0.39 is 10.1 Å². The van der Waals surface area contributed by atoms with Crippen LogP contribution in [0.25, 0.3) is 0 Å². The first-order chi connectivity index (χ1) is 16.0. The van der Waals surface area contributed by atoms with E-state index in [1.54, 1.807) is 12.1 Å². The van der Waals surface area contributed by atoms with Gasteiger partial charge in [0.15, 0.2) is 0 Å². The van der Waals surface area contributed by atoms with E-state index in [4.69, 9.17) is 4.55 Å². The van der Waals surface area contributed by atoms with Gasteiger partial charge in [0, 0.05) is 0 Å². The first-order valence-corrected chi connectivity index (χ1v) is 15.5. The van der Waals surface area contributed by atoms with Crippen LogP contribution in [0.15, 0.2) is 29.2 Å². The highest BCUT2D eigenvalue weighted by atomic mass is 32.2. The molecule has 0 atom stereocenters. The predicted molar refractivity (Wildman–Crippen MR) is 143 cm³/mol. The van der Waals surface area contributed by atoms with Crippen LogP contribution >= 0.6 is 0 Å². The Balaban J connectivity index is 1.77. The molecule has 0 unspecified atom stereocenters. The molecule has 4 heteroatoms. The molecular weight excluding hydrogens is 428 g/mol. The van der Waals surface area contributed by atoms with Gasteiger partial charge in [-0.2, -0.15) is 8.42 Å². The number of aryl methyl sites for hydroxylation is 1. The summed E-state index contributed by atoms with van der Waals surface area (Å²) in [5, 5.41) is 0. The summed E-state index contributed by atoms with van der Waals surface area (Å²) < 4.78 is 31.1. The maximum absolute atomic E-state index is 11.1. The van der Waals surface area contributed by atoms with Gasteiger partial charge in [0.1, 0.15) is 0 Å². The fourth-order valence-electron chi connectivity index (χ4n) is 4.59. The van der Waals surface area contributed by atoms with Crippen LogP contribution in [-0.4, -0.2) is 13.0 Å². The highest BCUT2D eigenvalue weighted by Crippen LogP contribution is 2.16. The molecule has 0 amide bonds. The van der Waals surface area contributed by atoms with Gasteiger partial charge < -0.3 is 0 Å². The number of hydrogen-bond acceptors (Lipinski definition) is 2. The second-order valence-electron chi connectivity index (χ2n) is 9.94. The van der Waals surface area contributed by atoms with Gasteiger partial charge in [0.05, 0.1) is 4.90 Å². The fraction of sp³-hybridized carbons (Fsp3) is 0.793. The Morgan fingerprint density at radius 3 is 1.12 bits per heavy atom. The molecule has 1 rings (SSSR count). The van der Waals surface area contributed by atoms with Crippen molar-refractivity contribution in [3.05, 3.63) is 29.8 Å². The minimum absolute atomic E-state index is 0.0231. The molecule has 0 aliphatic carbocycles. The second kappa shape index (κ2) is 20.5. The van der Waals surface area contributed by atoms with Crippen molar-refractivity contribution in [1.29, 1.82) is 0 Å². The zero-order chi connectivity index (χ0) is 24.0. The van der Waals surface area contributed by atoms with Crippen molar-refractivity contribution in [2.24, 2.45) is 0 Å². The summed E-state index contributed by atoms with van der Waals surface area (Å²) in [7, 11) is -4.08. The van der Waals surface area contributed by atoms with Gasteiger partial charge >= 0.3 is 0 Å². The molecule has 0 fully saturated rings. The van der Waals surface area contributed by atoms with Crippen LogP contribution in [0.3, 0.4) is 0 Å². The molecule has 0 bridgehead atoms. The second-order valence-corrected chi connectivity index (χ2v) is 11.4. The third-order valence-corrected chi connectivity index (χ3v) is 7.66. The Morgan fingerprint density at radius 2 is 0.818 bits per heavy atom. The first-order valence-electron chi connectivity index (χ1n) is 14.1. The number of benzene rings is 1. The van der Waals surface area contributed by atoms with E-state index in [1.165, 1.54) is 141 Å². The Hall–Kier alpha value is -0.870. The van der Waals surface area contributed by atoms with Gasteiger partial charge in [-0.25, -0.2) is 0 Å². The van der Waals surface area contributed by atoms with Crippen molar-refractivity contribution in [2.45, 2.75) is 153 Å². The van der Waals surface area contributed by atoms with Crippen LogP contribution in [0.2, 0.25) is 0 Å². The Morgan fingerprint density at radius 1 is 0.515 bits per heavy atom. The molecule has 0 radical (unpaired) electrons. The Kier molecular flexibility index (Phi) is 18.7. The SMILES string of the molecule is CCCCCCCCCCCCCCCCCCCCCCCc1ccc(S(=O)(=O)O)cc1. The molecule has 192 valence electrons. The van der Waals surface area contributed by atoms with E-state index in [0.717, 1.165) is 18.4 Å². The molecule has 3 nitrogen and oxygen atoms in total. The zero-order valence-corrected chi connectivity index (χ0v) is 22.4. The molecular formula is C29H52O3S. The maximum Gasteiger partial charge on any atom is 0.294 e. The van der Waals surface area contributed by atoms with Crippen LogP contribution in [-0.2, 0) is 16.5 Å². The summed E-state index contributed by atoms with van der Waals surface area (Å²) in [6.45, 7) is 2.29. The molecule has 0 heterocycles. The van der Waals surface area contributed by atoms with Gasteiger partial charge in [-0.1, -0.05) is 147 Å². The van der Waals surface area contributed by atoms with Gasteiger partial charge in [-0.15, -0.1) is 0 Å². The van der Waals surface area contributed by atoms with Crippen molar-refractivity contribution >= 4 is 10.1 Å². The summed E-state index contributed by atoms with van der Waals surface area (Å²) in [5.74, 6) is 0. The fourth-order valence-corrected chi connectivity index (χ4v) is 5.07. The van der Waals surface area contributed by atoms with E-state index in [0.29, 0.717) is 0 Å². The summed E-state index contributed by atoms with van der Waals surface area (Å²) in [6, 6.07) is 6.59. The molecule has 33 heavy (non-hydrogen) atoms. The summed E-state index contributed by atoms with van der Waals surface area (Å²) in [6.07, 6.45) is 30.2. The molecule has 0 spiro atoms. The van der Waals surface area contributed by atoms with Gasteiger partial charge in [0.2, 0.25) is 0 Å². The van der Waals surface area contributed by atoms with Gasteiger partial charge in [-0.3, -0.25) is 4.55 Å². The topological polar surface area (TPSA) is 54.4 Å². The number of rotatable bonds is 23.